The normalized spacial score (nSPS) is 11.7. The van der Waals surface area contributed by atoms with Gasteiger partial charge in [0.25, 0.3) is 0 Å². The molecule has 0 aliphatic rings. The number of rotatable bonds is 10. The van der Waals surface area contributed by atoms with Crippen molar-refractivity contribution >= 4 is 22.8 Å². The molecule has 0 spiro atoms. The van der Waals surface area contributed by atoms with Crippen molar-refractivity contribution in [2.45, 2.75) is 39.2 Å². The number of hydrogen-bond donors (Lipinski definition) is 2. The van der Waals surface area contributed by atoms with E-state index in [9.17, 15) is 19.5 Å². The average molecular weight is 484 g/mol. The number of ether oxygens (including phenoxy) is 3. The Kier molecular flexibility index (Phi) is 8.01. The van der Waals surface area contributed by atoms with Gasteiger partial charge in [-0.25, -0.2) is 4.79 Å². The predicted octanol–water partition coefficient (Wildman–Crippen LogP) is 3.70. The van der Waals surface area contributed by atoms with Crippen molar-refractivity contribution in [1.29, 1.82) is 0 Å². The first-order chi connectivity index (χ1) is 16.7. The maximum atomic E-state index is 12.8. The van der Waals surface area contributed by atoms with Crippen LogP contribution in [-0.4, -0.2) is 38.3 Å². The van der Waals surface area contributed by atoms with Gasteiger partial charge in [0, 0.05) is 22.9 Å². The number of hydrogen-bond acceptors (Lipinski definition) is 7. The molecule has 0 saturated carbocycles. The van der Waals surface area contributed by atoms with Crippen molar-refractivity contribution in [3.8, 4) is 17.2 Å². The molecule has 9 nitrogen and oxygen atoms in total. The number of nitrogens with one attached hydrogen (secondary N) is 1. The number of carboxylic acids is 1. The number of fused-ring (bicyclic) bond motifs is 1. The van der Waals surface area contributed by atoms with Gasteiger partial charge in [-0.15, -0.1) is 0 Å². The highest BCUT2D eigenvalue weighted by molar-refractivity contribution is 5.86. The number of methoxy groups -OCH3 is 3. The minimum absolute atomic E-state index is 0.0182. The summed E-state index contributed by atoms with van der Waals surface area (Å²) < 4.78 is 21.4. The van der Waals surface area contributed by atoms with Gasteiger partial charge < -0.3 is 29.1 Å². The summed E-state index contributed by atoms with van der Waals surface area (Å²) in [5.74, 6) is 0.0681. The highest BCUT2D eigenvalue weighted by Gasteiger charge is 2.21. The largest absolute Gasteiger partial charge is 0.496 e. The van der Waals surface area contributed by atoms with Gasteiger partial charge in [0.05, 0.1) is 33.8 Å². The molecule has 1 unspecified atom stereocenters. The lowest BCUT2D eigenvalue weighted by Crippen LogP contribution is -2.30. The van der Waals surface area contributed by atoms with Crippen molar-refractivity contribution in [2.75, 3.05) is 21.3 Å². The van der Waals surface area contributed by atoms with Crippen molar-refractivity contribution in [3.63, 3.8) is 0 Å². The average Bonchev–Trinajstić information content (AvgIpc) is 2.83. The SMILES string of the molecule is COc1ccc(C(CC(=O)O)NC(=O)CCc2c(C)c3ccc(OC)c(C)c3oc2=O)cc1OC. The van der Waals surface area contributed by atoms with Crippen LogP contribution in [0.15, 0.2) is 39.5 Å². The minimum atomic E-state index is -1.07. The third-order valence-corrected chi connectivity index (χ3v) is 6.00. The Morgan fingerprint density at radius 3 is 2.26 bits per heavy atom. The second-order valence-electron chi connectivity index (χ2n) is 8.09. The summed E-state index contributed by atoms with van der Waals surface area (Å²) in [6, 6.07) is 7.79. The molecule has 3 rings (SSSR count). The van der Waals surface area contributed by atoms with Gasteiger partial charge in [-0.2, -0.15) is 0 Å². The molecule has 0 fully saturated rings. The Hall–Kier alpha value is -4.01. The van der Waals surface area contributed by atoms with Crippen LogP contribution in [0, 0.1) is 13.8 Å². The fourth-order valence-electron chi connectivity index (χ4n) is 4.08. The van der Waals surface area contributed by atoms with E-state index < -0.39 is 23.5 Å². The molecule has 186 valence electrons. The number of aliphatic carboxylic acids is 1. The fourth-order valence-corrected chi connectivity index (χ4v) is 4.08. The Labute approximate surface area is 202 Å². The molecule has 2 N–H and O–H groups in total. The van der Waals surface area contributed by atoms with Crippen molar-refractivity contribution in [1.82, 2.24) is 5.32 Å². The van der Waals surface area contributed by atoms with Crippen LogP contribution < -0.4 is 25.2 Å². The van der Waals surface area contributed by atoms with E-state index in [1.165, 1.54) is 14.2 Å². The van der Waals surface area contributed by atoms with Crippen LogP contribution in [-0.2, 0) is 16.0 Å². The van der Waals surface area contributed by atoms with Crippen LogP contribution >= 0.6 is 0 Å². The Morgan fingerprint density at radius 2 is 1.63 bits per heavy atom. The zero-order valence-electron chi connectivity index (χ0n) is 20.4. The topological polar surface area (TPSA) is 124 Å². The summed E-state index contributed by atoms with van der Waals surface area (Å²) >= 11 is 0. The van der Waals surface area contributed by atoms with E-state index in [4.69, 9.17) is 18.6 Å². The smallest absolute Gasteiger partial charge is 0.339 e. The quantitative estimate of drug-likeness (QED) is 0.418. The molecule has 1 amide bonds. The first kappa shape index (κ1) is 25.6. The Balaban J connectivity index is 1.81. The summed E-state index contributed by atoms with van der Waals surface area (Å²) in [5, 5.41) is 12.9. The summed E-state index contributed by atoms with van der Waals surface area (Å²) in [6.07, 6.45) is -0.193. The standard InChI is InChI=1S/C26H29NO8/c1-14-17-7-10-20(32-3)15(2)25(17)35-26(31)18(14)8-11-23(28)27-19(13-24(29)30)16-6-9-21(33-4)22(12-16)34-5/h6-7,9-10,12,19H,8,11,13H2,1-5H3,(H,27,28)(H,29,30). The third-order valence-electron chi connectivity index (χ3n) is 6.00. The van der Waals surface area contributed by atoms with Crippen molar-refractivity contribution in [2.24, 2.45) is 0 Å². The lowest BCUT2D eigenvalue weighted by Gasteiger charge is -2.19. The van der Waals surface area contributed by atoms with Gasteiger partial charge in [-0.05, 0) is 55.7 Å². The van der Waals surface area contributed by atoms with Gasteiger partial charge in [-0.1, -0.05) is 6.07 Å². The van der Waals surface area contributed by atoms with E-state index in [2.05, 4.69) is 5.32 Å². The molecule has 1 aromatic heterocycles. The molecule has 0 saturated heterocycles. The molecule has 2 aromatic carbocycles. The van der Waals surface area contributed by atoms with Crippen LogP contribution in [0.5, 0.6) is 17.2 Å². The first-order valence-electron chi connectivity index (χ1n) is 11.0. The lowest BCUT2D eigenvalue weighted by atomic mass is 9.99. The first-order valence-corrected chi connectivity index (χ1v) is 11.0. The highest BCUT2D eigenvalue weighted by Crippen LogP contribution is 2.32. The molecule has 0 aliphatic carbocycles. The van der Waals surface area contributed by atoms with E-state index >= 15 is 0 Å². The number of benzene rings is 2. The van der Waals surface area contributed by atoms with Gasteiger partial charge in [0.2, 0.25) is 5.91 Å². The summed E-state index contributed by atoms with van der Waals surface area (Å²) in [7, 11) is 4.52. The maximum absolute atomic E-state index is 12.8. The molecule has 1 atom stereocenters. The zero-order chi connectivity index (χ0) is 25.7. The molecule has 0 bridgehead atoms. The Morgan fingerprint density at radius 1 is 0.971 bits per heavy atom. The second-order valence-corrected chi connectivity index (χ2v) is 8.09. The van der Waals surface area contributed by atoms with Crippen LogP contribution in [0.3, 0.4) is 0 Å². The molecule has 9 heteroatoms. The monoisotopic (exact) mass is 483 g/mol. The second kappa shape index (κ2) is 10.9. The van der Waals surface area contributed by atoms with E-state index in [-0.39, 0.29) is 19.3 Å². The Bertz CT molecular complexity index is 1310. The molecular weight excluding hydrogens is 454 g/mol. The van der Waals surface area contributed by atoms with Crippen LogP contribution in [0.1, 0.15) is 41.1 Å². The van der Waals surface area contributed by atoms with Gasteiger partial charge in [0.15, 0.2) is 11.5 Å². The fraction of sp³-hybridized carbons (Fsp3) is 0.346. The van der Waals surface area contributed by atoms with Crippen molar-refractivity contribution < 1.29 is 33.3 Å². The number of carbonyl (C=O) groups is 2. The van der Waals surface area contributed by atoms with Crippen molar-refractivity contribution in [3.05, 3.63) is 63.0 Å². The van der Waals surface area contributed by atoms with Gasteiger partial charge >= 0.3 is 11.6 Å². The third kappa shape index (κ3) is 5.56. The number of carbonyl (C=O) groups excluding carboxylic acids is 1. The maximum Gasteiger partial charge on any atom is 0.339 e. The number of aryl methyl sites for hydroxylation is 2. The van der Waals surface area contributed by atoms with Gasteiger partial charge in [-0.3, -0.25) is 9.59 Å². The molecule has 3 aromatic rings. The van der Waals surface area contributed by atoms with E-state index in [0.29, 0.717) is 34.0 Å². The van der Waals surface area contributed by atoms with E-state index in [1.54, 1.807) is 31.4 Å². The summed E-state index contributed by atoms with van der Waals surface area (Å²) in [6.45, 7) is 3.63. The van der Waals surface area contributed by atoms with Crippen LogP contribution in [0.2, 0.25) is 0 Å². The van der Waals surface area contributed by atoms with E-state index in [0.717, 1.165) is 16.5 Å². The van der Waals surface area contributed by atoms with Crippen LogP contribution in [0.4, 0.5) is 0 Å². The summed E-state index contributed by atoms with van der Waals surface area (Å²) in [5.41, 5.74) is 2.36. The lowest BCUT2D eigenvalue weighted by molar-refractivity contribution is -0.137. The summed E-state index contributed by atoms with van der Waals surface area (Å²) in [4.78, 5) is 36.9. The molecule has 0 radical (unpaired) electrons. The number of carboxylic acid groups (broad SMARTS) is 1. The van der Waals surface area contributed by atoms with Crippen LogP contribution in [0.25, 0.3) is 11.0 Å². The van der Waals surface area contributed by atoms with Gasteiger partial charge in [0.1, 0.15) is 11.3 Å². The zero-order valence-corrected chi connectivity index (χ0v) is 20.4. The predicted molar refractivity (Wildman–Crippen MR) is 130 cm³/mol. The van der Waals surface area contributed by atoms with E-state index in [1.807, 2.05) is 19.9 Å². The number of amides is 1. The molecule has 35 heavy (non-hydrogen) atoms. The molecule has 0 aliphatic heterocycles. The molecular formula is C26H29NO8. The highest BCUT2D eigenvalue weighted by atomic mass is 16.5. The molecule has 1 heterocycles. The minimum Gasteiger partial charge on any atom is -0.496 e.